The Bertz CT molecular complexity index is 8.04. The van der Waals surface area contributed by atoms with Crippen LogP contribution in [0.3, 0.4) is 0 Å². The van der Waals surface area contributed by atoms with E-state index in [0.29, 0.717) is 0 Å². The van der Waals surface area contributed by atoms with Crippen LogP contribution in [0.25, 0.3) is 0 Å². The second-order valence-corrected chi connectivity index (χ2v) is 0. The molecule has 1 radical (unpaired) electrons. The fraction of sp³-hybridized carbons (Fsp3) is 0. The molecule has 0 saturated carbocycles. The molecule has 7 heteroatoms. The van der Waals surface area contributed by atoms with E-state index in [-0.39, 0.29) is 63.6 Å². The van der Waals surface area contributed by atoms with Gasteiger partial charge in [-0.2, -0.15) is 0 Å². The van der Waals surface area contributed by atoms with Crippen molar-refractivity contribution in [2.75, 3.05) is 0 Å². The first kappa shape index (κ1) is 440. The molecule has 53 valence electrons. The van der Waals surface area contributed by atoms with Crippen molar-refractivity contribution in [3.8, 4) is 0 Å². The van der Waals surface area contributed by atoms with Gasteiger partial charge in [0.25, 0.3) is 0 Å². The molecule has 7 heavy (non-hydrogen) atoms. The molecule has 5 nitrogen and oxygen atoms in total. The van der Waals surface area contributed by atoms with E-state index in [9.17, 15) is 0 Å². The van der Waals surface area contributed by atoms with Crippen molar-refractivity contribution < 1.29 is 63.6 Å². The molecule has 0 atom stereocenters. The molecular weight excluding hydrogens is 242 g/mol. The third kappa shape index (κ3) is 195. The summed E-state index contributed by atoms with van der Waals surface area (Å²) in [6.45, 7) is 0. The van der Waals surface area contributed by atoms with E-state index in [0.717, 1.165) is 0 Å². The van der Waals surface area contributed by atoms with E-state index in [1.165, 1.54) is 0 Å². The molecule has 0 aliphatic rings. The maximum atomic E-state index is 0. The van der Waals surface area contributed by atoms with Gasteiger partial charge in [-0.3, -0.25) is 0 Å². The van der Waals surface area contributed by atoms with Crippen molar-refractivity contribution in [1.29, 1.82) is 0 Å². The van der Waals surface area contributed by atoms with Crippen LogP contribution in [0.2, 0.25) is 0 Å². The average Bonchev–Trinajstić information content (AvgIpc) is 0. The summed E-state index contributed by atoms with van der Waals surface area (Å²) < 4.78 is 0. The first-order valence-electron chi connectivity index (χ1n) is 0. The summed E-state index contributed by atoms with van der Waals surface area (Å²) in [6.07, 6.45) is 0. The second-order valence-electron chi connectivity index (χ2n) is 0. The molecule has 0 rings (SSSR count). The van der Waals surface area contributed by atoms with Crippen LogP contribution in [-0.4, -0.2) is 27.4 Å². The molecule has 0 aliphatic heterocycles. The Morgan fingerprint density at radius 2 is 0.429 bits per heavy atom. The molecule has 0 spiro atoms. The Kier molecular flexibility index (Phi) is 17700. The zero-order valence-electron chi connectivity index (χ0n) is 2.90. The number of hydrogen-bond acceptors (Lipinski definition) is 5. The fourth-order valence-electron chi connectivity index (χ4n) is 0. The number of hydrogen-bond donors (Lipinski definition) is 0. The summed E-state index contributed by atoms with van der Waals surface area (Å²) in [4.78, 5) is 0. The minimum absolute atomic E-state index is 0. The van der Waals surface area contributed by atoms with Crippen LogP contribution in [0.4, 0.5) is 0 Å². The first-order valence-corrected chi connectivity index (χ1v) is 0. The molecular formula is H5CoO5Rh. The van der Waals surface area contributed by atoms with E-state index >= 15 is 0 Å². The molecule has 0 bridgehead atoms. The Morgan fingerprint density at radius 1 is 0.429 bits per heavy atom. The van der Waals surface area contributed by atoms with Gasteiger partial charge in [-0.25, -0.2) is 0 Å². The van der Waals surface area contributed by atoms with Gasteiger partial charge in [-0.15, -0.1) is 0 Å². The van der Waals surface area contributed by atoms with E-state index < -0.39 is 0 Å². The van der Waals surface area contributed by atoms with Crippen LogP contribution in [0.15, 0.2) is 0 Å². The van der Waals surface area contributed by atoms with Crippen LogP contribution >= 0.6 is 0 Å². The summed E-state index contributed by atoms with van der Waals surface area (Å²) >= 11 is 0. The minimum Gasteiger partial charge on any atom is -0.870 e. The molecule has 0 aromatic rings. The molecule has 0 aliphatic carbocycles. The standard InChI is InChI=1S/Co.5H2O.Rh/h;5*1H2;/q+2;;;;;;+3/p-5. The molecule has 0 amide bonds. The maximum absolute atomic E-state index is 0. The van der Waals surface area contributed by atoms with Gasteiger partial charge >= 0.3 is 36.3 Å². The van der Waals surface area contributed by atoms with Crippen molar-refractivity contribution in [2.24, 2.45) is 0 Å². The smallest absolute Gasteiger partial charge is 0.870 e. The Morgan fingerprint density at radius 3 is 0.429 bits per heavy atom. The van der Waals surface area contributed by atoms with Crippen LogP contribution in [-0.2, 0) is 36.3 Å². The summed E-state index contributed by atoms with van der Waals surface area (Å²) in [5.74, 6) is 0. The van der Waals surface area contributed by atoms with Gasteiger partial charge < -0.3 is 27.4 Å². The summed E-state index contributed by atoms with van der Waals surface area (Å²) in [6, 6.07) is 0. The fourth-order valence-corrected chi connectivity index (χ4v) is 0. The van der Waals surface area contributed by atoms with E-state index in [1.807, 2.05) is 0 Å². The Balaban J connectivity index is 0. The molecule has 0 fully saturated rings. The van der Waals surface area contributed by atoms with E-state index in [4.69, 9.17) is 0 Å². The molecule has 0 heterocycles. The van der Waals surface area contributed by atoms with Crippen LogP contribution in [0.5, 0.6) is 0 Å². The van der Waals surface area contributed by atoms with Crippen molar-refractivity contribution in [3.63, 3.8) is 0 Å². The van der Waals surface area contributed by atoms with Gasteiger partial charge in [0.15, 0.2) is 0 Å². The third-order valence-corrected chi connectivity index (χ3v) is 0. The molecule has 0 aromatic heterocycles. The zero-order valence-corrected chi connectivity index (χ0v) is 5.58. The largest absolute Gasteiger partial charge is 3.00 e. The van der Waals surface area contributed by atoms with E-state index in [2.05, 4.69) is 0 Å². The monoisotopic (exact) mass is 247 g/mol. The molecule has 0 saturated heterocycles. The minimum atomic E-state index is 0. The normalized spacial score (nSPS) is 0. The first-order chi connectivity index (χ1) is 0. The van der Waals surface area contributed by atoms with Gasteiger partial charge in [-0.05, 0) is 0 Å². The van der Waals surface area contributed by atoms with Crippen molar-refractivity contribution in [3.05, 3.63) is 0 Å². The van der Waals surface area contributed by atoms with Gasteiger partial charge in [0.2, 0.25) is 0 Å². The van der Waals surface area contributed by atoms with Crippen molar-refractivity contribution in [2.45, 2.75) is 0 Å². The third-order valence-electron chi connectivity index (χ3n) is 0. The SMILES string of the molecule is [Co+2].[OH-].[OH-].[OH-].[OH-].[OH-].[Rh+3]. The maximum Gasteiger partial charge on any atom is 3.00 e. The molecule has 0 unspecified atom stereocenters. The Labute approximate surface area is 64.0 Å². The number of rotatable bonds is 0. The van der Waals surface area contributed by atoms with Crippen LogP contribution in [0.1, 0.15) is 0 Å². The van der Waals surface area contributed by atoms with Gasteiger partial charge in [0, 0.05) is 0 Å². The zero-order chi connectivity index (χ0) is 0. The van der Waals surface area contributed by atoms with E-state index in [1.54, 1.807) is 0 Å². The predicted molar refractivity (Wildman–Crippen MR) is 9.68 cm³/mol. The topological polar surface area (TPSA) is 150 Å². The quantitative estimate of drug-likeness (QED) is 0.508. The van der Waals surface area contributed by atoms with Crippen molar-refractivity contribution in [1.82, 2.24) is 0 Å². The summed E-state index contributed by atoms with van der Waals surface area (Å²) in [5.41, 5.74) is 0. The molecule has 5 N–H and O–H groups in total. The summed E-state index contributed by atoms with van der Waals surface area (Å²) in [7, 11) is 0. The van der Waals surface area contributed by atoms with Crippen LogP contribution in [0, 0.1) is 0 Å². The van der Waals surface area contributed by atoms with Gasteiger partial charge in [0.05, 0.1) is 0 Å². The predicted octanol–water partition coefficient (Wildman–Crippen LogP) is -0.889. The van der Waals surface area contributed by atoms with Gasteiger partial charge in [0.1, 0.15) is 0 Å². The summed E-state index contributed by atoms with van der Waals surface area (Å²) in [5, 5.41) is 0. The second kappa shape index (κ2) is 282. The van der Waals surface area contributed by atoms with Crippen molar-refractivity contribution >= 4 is 0 Å². The average molecular weight is 247 g/mol. The molecule has 0 aromatic carbocycles. The van der Waals surface area contributed by atoms with Gasteiger partial charge in [-0.1, -0.05) is 0 Å². The Hall–Kier alpha value is 0.930. The van der Waals surface area contributed by atoms with Crippen LogP contribution < -0.4 is 0 Å².